The molecule has 23 heavy (non-hydrogen) atoms. The van der Waals surface area contributed by atoms with Gasteiger partial charge in [-0.1, -0.05) is 30.3 Å². The molecule has 0 aromatic heterocycles. The summed E-state index contributed by atoms with van der Waals surface area (Å²) in [7, 11) is 5.88. The van der Waals surface area contributed by atoms with Crippen LogP contribution >= 0.6 is 24.0 Å². The van der Waals surface area contributed by atoms with Crippen LogP contribution in [0.2, 0.25) is 0 Å². The zero-order valence-corrected chi connectivity index (χ0v) is 17.2. The van der Waals surface area contributed by atoms with Crippen LogP contribution in [0.25, 0.3) is 0 Å². The van der Waals surface area contributed by atoms with Crippen LogP contribution in [0.5, 0.6) is 0 Å². The Bertz CT molecular complexity index is 439. The van der Waals surface area contributed by atoms with Crippen molar-refractivity contribution in [3.63, 3.8) is 0 Å². The Balaban J connectivity index is 0.00000484. The van der Waals surface area contributed by atoms with Crippen LogP contribution in [0.3, 0.4) is 0 Å². The Labute approximate surface area is 157 Å². The van der Waals surface area contributed by atoms with Gasteiger partial charge in [-0.15, -0.1) is 24.0 Å². The Hall–Kier alpha value is -0.860. The highest BCUT2D eigenvalue weighted by molar-refractivity contribution is 14.0. The van der Waals surface area contributed by atoms with Gasteiger partial charge in [0.05, 0.1) is 19.2 Å². The fraction of sp³-hybridized carbons (Fsp3) is 0.588. The van der Waals surface area contributed by atoms with Crippen molar-refractivity contribution in [3.05, 3.63) is 35.9 Å². The van der Waals surface area contributed by atoms with Gasteiger partial charge in [-0.05, 0) is 33.5 Å². The Morgan fingerprint density at radius 3 is 2.43 bits per heavy atom. The number of hydrogen-bond acceptors (Lipinski definition) is 3. The smallest absolute Gasteiger partial charge is 0.191 e. The van der Waals surface area contributed by atoms with E-state index in [4.69, 9.17) is 9.73 Å². The number of benzene rings is 1. The molecule has 5 nitrogen and oxygen atoms in total. The predicted octanol–water partition coefficient (Wildman–Crippen LogP) is 2.50. The van der Waals surface area contributed by atoms with Crippen molar-refractivity contribution >= 4 is 29.9 Å². The molecule has 1 rings (SSSR count). The Morgan fingerprint density at radius 1 is 1.26 bits per heavy atom. The van der Waals surface area contributed by atoms with Gasteiger partial charge in [0.15, 0.2) is 5.96 Å². The van der Waals surface area contributed by atoms with Gasteiger partial charge < -0.3 is 20.3 Å². The molecule has 2 N–H and O–H groups in total. The topological polar surface area (TPSA) is 48.9 Å². The van der Waals surface area contributed by atoms with Crippen LogP contribution in [-0.2, 0) is 4.74 Å². The SMILES string of the molecule is CCNC(=NCC(c1ccccc1)N(C)C)NC(C)COC.I. The van der Waals surface area contributed by atoms with Crippen LogP contribution < -0.4 is 10.6 Å². The number of rotatable bonds is 8. The van der Waals surface area contributed by atoms with E-state index < -0.39 is 0 Å². The first kappa shape index (κ1) is 22.1. The van der Waals surface area contributed by atoms with Gasteiger partial charge in [0, 0.05) is 19.7 Å². The fourth-order valence-electron chi connectivity index (χ4n) is 2.26. The van der Waals surface area contributed by atoms with Crippen molar-refractivity contribution in [2.75, 3.05) is 40.9 Å². The summed E-state index contributed by atoms with van der Waals surface area (Å²) in [5.41, 5.74) is 1.28. The van der Waals surface area contributed by atoms with Gasteiger partial charge in [0.2, 0.25) is 0 Å². The maximum atomic E-state index is 5.16. The molecule has 2 atom stereocenters. The summed E-state index contributed by atoms with van der Waals surface area (Å²) in [5, 5.41) is 6.64. The lowest BCUT2D eigenvalue weighted by molar-refractivity contribution is 0.179. The second-order valence-electron chi connectivity index (χ2n) is 5.61. The zero-order chi connectivity index (χ0) is 16.4. The van der Waals surface area contributed by atoms with Gasteiger partial charge in [-0.25, -0.2) is 0 Å². The van der Waals surface area contributed by atoms with Gasteiger partial charge in [-0.3, -0.25) is 4.99 Å². The molecular formula is C17H31IN4O. The minimum Gasteiger partial charge on any atom is -0.383 e. The lowest BCUT2D eigenvalue weighted by atomic mass is 10.1. The quantitative estimate of drug-likeness (QED) is 0.375. The number of ether oxygens (including phenoxy) is 1. The third-order valence-electron chi connectivity index (χ3n) is 3.37. The molecule has 0 radical (unpaired) electrons. The second kappa shape index (κ2) is 12.5. The Morgan fingerprint density at radius 2 is 1.91 bits per heavy atom. The number of likely N-dealkylation sites (N-methyl/N-ethyl adjacent to an activating group) is 1. The molecule has 0 amide bonds. The lowest BCUT2D eigenvalue weighted by Crippen LogP contribution is -2.44. The van der Waals surface area contributed by atoms with Crippen molar-refractivity contribution in [1.82, 2.24) is 15.5 Å². The zero-order valence-electron chi connectivity index (χ0n) is 14.9. The second-order valence-corrected chi connectivity index (χ2v) is 5.61. The van der Waals surface area contributed by atoms with Gasteiger partial charge in [-0.2, -0.15) is 0 Å². The molecule has 0 saturated carbocycles. The van der Waals surface area contributed by atoms with Crippen LogP contribution in [-0.4, -0.2) is 57.8 Å². The molecule has 2 unspecified atom stereocenters. The third-order valence-corrected chi connectivity index (χ3v) is 3.37. The largest absolute Gasteiger partial charge is 0.383 e. The summed E-state index contributed by atoms with van der Waals surface area (Å²) in [6.45, 7) is 6.34. The standard InChI is InChI=1S/C17H30N4O.HI/c1-6-18-17(20-14(2)13-22-5)19-12-16(21(3)4)15-10-8-7-9-11-15;/h7-11,14,16H,6,12-13H2,1-5H3,(H2,18,19,20);1H. The van der Waals surface area contributed by atoms with Crippen LogP contribution in [0.1, 0.15) is 25.5 Å². The van der Waals surface area contributed by atoms with Crippen LogP contribution in [0, 0.1) is 0 Å². The van der Waals surface area contributed by atoms with Crippen molar-refractivity contribution in [2.24, 2.45) is 4.99 Å². The molecule has 6 heteroatoms. The number of hydrogen-bond donors (Lipinski definition) is 2. The number of guanidine groups is 1. The lowest BCUT2D eigenvalue weighted by Gasteiger charge is -2.24. The average molecular weight is 434 g/mol. The van der Waals surface area contributed by atoms with E-state index in [9.17, 15) is 0 Å². The molecule has 0 aliphatic heterocycles. The van der Waals surface area contributed by atoms with Crippen molar-refractivity contribution in [1.29, 1.82) is 0 Å². The summed E-state index contributed by atoms with van der Waals surface area (Å²) in [6, 6.07) is 10.9. The highest BCUT2D eigenvalue weighted by Crippen LogP contribution is 2.17. The summed E-state index contributed by atoms with van der Waals surface area (Å²) in [6.07, 6.45) is 0. The molecule has 0 saturated heterocycles. The van der Waals surface area contributed by atoms with Crippen molar-refractivity contribution in [3.8, 4) is 0 Å². The normalized spacial score (nSPS) is 14.1. The maximum Gasteiger partial charge on any atom is 0.191 e. The van der Waals surface area contributed by atoms with Crippen LogP contribution in [0.15, 0.2) is 35.3 Å². The van der Waals surface area contributed by atoms with E-state index in [1.165, 1.54) is 5.56 Å². The van der Waals surface area contributed by atoms with E-state index >= 15 is 0 Å². The molecule has 0 heterocycles. The summed E-state index contributed by atoms with van der Waals surface area (Å²) in [5.74, 6) is 0.829. The summed E-state index contributed by atoms with van der Waals surface area (Å²) in [4.78, 5) is 6.93. The molecule has 132 valence electrons. The number of methoxy groups -OCH3 is 1. The minimum absolute atomic E-state index is 0. The molecular weight excluding hydrogens is 403 g/mol. The number of aliphatic imine (C=N–C) groups is 1. The Kier molecular flexibility index (Phi) is 12.1. The van der Waals surface area contributed by atoms with Crippen molar-refractivity contribution in [2.45, 2.75) is 25.9 Å². The summed E-state index contributed by atoms with van der Waals surface area (Å²) < 4.78 is 5.16. The van der Waals surface area contributed by atoms with E-state index in [-0.39, 0.29) is 36.1 Å². The van der Waals surface area contributed by atoms with E-state index in [0.29, 0.717) is 13.2 Å². The van der Waals surface area contributed by atoms with E-state index in [1.54, 1.807) is 7.11 Å². The molecule has 0 bridgehead atoms. The first-order valence-electron chi connectivity index (χ1n) is 7.83. The molecule has 1 aromatic carbocycles. The van der Waals surface area contributed by atoms with Gasteiger partial charge in [0.25, 0.3) is 0 Å². The fourth-order valence-corrected chi connectivity index (χ4v) is 2.26. The number of nitrogens with zero attached hydrogens (tertiary/aromatic N) is 2. The molecule has 0 fully saturated rings. The van der Waals surface area contributed by atoms with Gasteiger partial charge >= 0.3 is 0 Å². The van der Waals surface area contributed by atoms with Crippen molar-refractivity contribution < 1.29 is 4.74 Å². The highest BCUT2D eigenvalue weighted by atomic mass is 127. The third kappa shape index (κ3) is 8.53. The molecule has 1 aromatic rings. The maximum absolute atomic E-state index is 5.16. The van der Waals surface area contributed by atoms with E-state index in [2.05, 4.69) is 67.7 Å². The number of nitrogens with one attached hydrogen (secondary N) is 2. The first-order chi connectivity index (χ1) is 10.6. The predicted molar refractivity (Wildman–Crippen MR) is 109 cm³/mol. The average Bonchev–Trinajstić information content (AvgIpc) is 2.48. The molecule has 0 spiro atoms. The van der Waals surface area contributed by atoms with Crippen LogP contribution in [0.4, 0.5) is 0 Å². The monoisotopic (exact) mass is 434 g/mol. The molecule has 0 aliphatic rings. The van der Waals surface area contributed by atoms with Gasteiger partial charge in [0.1, 0.15) is 0 Å². The van der Waals surface area contributed by atoms with E-state index in [0.717, 1.165) is 12.5 Å². The minimum atomic E-state index is 0. The number of halogens is 1. The molecule has 0 aliphatic carbocycles. The summed E-state index contributed by atoms with van der Waals surface area (Å²) >= 11 is 0. The highest BCUT2D eigenvalue weighted by Gasteiger charge is 2.14. The first-order valence-corrected chi connectivity index (χ1v) is 7.83. The van der Waals surface area contributed by atoms with E-state index in [1.807, 2.05) is 6.07 Å².